The van der Waals surface area contributed by atoms with Crippen LogP contribution in [0.2, 0.25) is 0 Å². The Morgan fingerprint density at radius 1 is 1.24 bits per heavy atom. The largest absolute Gasteiger partial charge is 0.355 e. The van der Waals surface area contributed by atoms with Crippen molar-refractivity contribution in [3.05, 3.63) is 18.2 Å². The van der Waals surface area contributed by atoms with Crippen molar-refractivity contribution in [3.8, 4) is 0 Å². The van der Waals surface area contributed by atoms with Crippen molar-refractivity contribution in [1.82, 2.24) is 20.2 Å². The van der Waals surface area contributed by atoms with Gasteiger partial charge in [-0.05, 0) is 75.2 Å². The van der Waals surface area contributed by atoms with Gasteiger partial charge in [0.2, 0.25) is 5.91 Å². The SMILES string of the molecule is O=C(NCC1CCN(Cc2cnc[nH]2)C1)C12CC3CC(CC(C3)C1)C2. The number of nitrogens with zero attached hydrogens (tertiary/aromatic N) is 2. The van der Waals surface area contributed by atoms with Gasteiger partial charge in [-0.1, -0.05) is 0 Å². The fraction of sp³-hybridized carbons (Fsp3) is 0.800. The van der Waals surface area contributed by atoms with Gasteiger partial charge in [-0.25, -0.2) is 4.98 Å². The van der Waals surface area contributed by atoms with Gasteiger partial charge < -0.3 is 10.3 Å². The summed E-state index contributed by atoms with van der Waals surface area (Å²) in [5.41, 5.74) is 1.18. The highest BCUT2D eigenvalue weighted by Crippen LogP contribution is 2.60. The quantitative estimate of drug-likeness (QED) is 0.864. The van der Waals surface area contributed by atoms with Crippen molar-refractivity contribution < 1.29 is 4.79 Å². The maximum absolute atomic E-state index is 13.1. The predicted molar refractivity (Wildman–Crippen MR) is 95.6 cm³/mol. The summed E-state index contributed by atoms with van der Waals surface area (Å²) in [5, 5.41) is 3.38. The number of H-pyrrole nitrogens is 1. The first kappa shape index (κ1) is 15.9. The van der Waals surface area contributed by atoms with Crippen LogP contribution in [0.3, 0.4) is 0 Å². The monoisotopic (exact) mass is 342 g/mol. The molecule has 4 saturated carbocycles. The van der Waals surface area contributed by atoms with E-state index >= 15 is 0 Å². The lowest BCUT2D eigenvalue weighted by Crippen LogP contribution is -2.54. The van der Waals surface area contributed by atoms with Crippen LogP contribution in [0.25, 0.3) is 0 Å². The molecule has 4 aliphatic carbocycles. The Balaban J connectivity index is 1.14. The van der Waals surface area contributed by atoms with E-state index in [0.29, 0.717) is 11.8 Å². The number of aromatic amines is 1. The maximum Gasteiger partial charge on any atom is 0.226 e. The molecule has 1 amide bonds. The molecule has 5 aliphatic rings. The van der Waals surface area contributed by atoms with Gasteiger partial charge in [0.05, 0.1) is 6.33 Å². The second-order valence-corrected chi connectivity index (χ2v) is 9.37. The summed E-state index contributed by atoms with van der Waals surface area (Å²) in [6, 6.07) is 0. The predicted octanol–water partition coefficient (Wildman–Crippen LogP) is 2.56. The van der Waals surface area contributed by atoms with Crippen LogP contribution in [0.15, 0.2) is 12.5 Å². The van der Waals surface area contributed by atoms with Crippen LogP contribution in [0.4, 0.5) is 0 Å². The molecule has 1 saturated heterocycles. The zero-order chi connectivity index (χ0) is 16.9. The third kappa shape index (κ3) is 3.01. The molecule has 1 atom stereocenters. The summed E-state index contributed by atoms with van der Waals surface area (Å²) in [4.78, 5) is 22.8. The van der Waals surface area contributed by atoms with Crippen LogP contribution in [-0.4, -0.2) is 40.4 Å². The molecule has 1 aromatic rings. The minimum absolute atomic E-state index is 0.00294. The summed E-state index contributed by atoms with van der Waals surface area (Å²) in [6.45, 7) is 4.01. The molecule has 5 nitrogen and oxygen atoms in total. The number of nitrogens with one attached hydrogen (secondary N) is 2. The van der Waals surface area contributed by atoms with Gasteiger partial charge >= 0.3 is 0 Å². The average Bonchev–Trinajstić information content (AvgIpc) is 3.24. The topological polar surface area (TPSA) is 61.0 Å². The number of likely N-dealkylation sites (tertiary alicyclic amines) is 1. The summed E-state index contributed by atoms with van der Waals surface area (Å²) in [5.74, 6) is 3.51. The van der Waals surface area contributed by atoms with Crippen LogP contribution in [0.1, 0.15) is 50.6 Å². The molecule has 4 bridgehead atoms. The van der Waals surface area contributed by atoms with E-state index < -0.39 is 0 Å². The van der Waals surface area contributed by atoms with E-state index in [1.54, 1.807) is 6.33 Å². The van der Waals surface area contributed by atoms with Gasteiger partial charge in [0, 0.05) is 36.9 Å². The second-order valence-electron chi connectivity index (χ2n) is 9.37. The Morgan fingerprint density at radius 2 is 1.96 bits per heavy atom. The van der Waals surface area contributed by atoms with E-state index in [-0.39, 0.29) is 5.41 Å². The molecule has 6 rings (SSSR count). The highest BCUT2D eigenvalue weighted by molar-refractivity contribution is 5.83. The van der Waals surface area contributed by atoms with Crippen molar-refractivity contribution in [2.45, 2.75) is 51.5 Å². The Morgan fingerprint density at radius 3 is 2.60 bits per heavy atom. The first-order valence-electron chi connectivity index (χ1n) is 10.2. The molecule has 136 valence electrons. The number of hydrogen-bond donors (Lipinski definition) is 2. The first-order valence-corrected chi connectivity index (χ1v) is 10.2. The minimum Gasteiger partial charge on any atom is -0.355 e. The van der Waals surface area contributed by atoms with Crippen molar-refractivity contribution in [1.29, 1.82) is 0 Å². The fourth-order valence-corrected chi connectivity index (χ4v) is 6.65. The number of aromatic nitrogens is 2. The summed E-state index contributed by atoms with van der Waals surface area (Å²) < 4.78 is 0. The van der Waals surface area contributed by atoms with Crippen LogP contribution >= 0.6 is 0 Å². The van der Waals surface area contributed by atoms with Crippen LogP contribution in [-0.2, 0) is 11.3 Å². The molecule has 5 fully saturated rings. The van der Waals surface area contributed by atoms with Crippen molar-refractivity contribution >= 4 is 5.91 Å². The maximum atomic E-state index is 13.1. The number of carbonyl (C=O) groups excluding carboxylic acids is 1. The Labute approximate surface area is 150 Å². The molecule has 0 radical (unpaired) electrons. The smallest absolute Gasteiger partial charge is 0.226 e. The molecule has 0 spiro atoms. The van der Waals surface area contributed by atoms with Crippen LogP contribution < -0.4 is 5.32 Å². The highest BCUT2D eigenvalue weighted by Gasteiger charge is 2.54. The van der Waals surface area contributed by atoms with E-state index in [2.05, 4.69) is 20.2 Å². The van der Waals surface area contributed by atoms with Crippen LogP contribution in [0, 0.1) is 29.1 Å². The second kappa shape index (κ2) is 6.11. The third-order valence-corrected chi connectivity index (χ3v) is 7.39. The van der Waals surface area contributed by atoms with Gasteiger partial charge in [0.25, 0.3) is 0 Å². The Kier molecular flexibility index (Phi) is 3.88. The Bertz CT molecular complexity index is 590. The molecular weight excluding hydrogens is 312 g/mol. The number of carbonyl (C=O) groups is 1. The highest BCUT2D eigenvalue weighted by atomic mass is 16.2. The van der Waals surface area contributed by atoms with Crippen molar-refractivity contribution in [3.63, 3.8) is 0 Å². The van der Waals surface area contributed by atoms with Gasteiger partial charge in [-0.2, -0.15) is 0 Å². The Hall–Kier alpha value is -1.36. The lowest BCUT2D eigenvalue weighted by atomic mass is 9.49. The molecule has 5 heteroatoms. The summed E-state index contributed by atoms with van der Waals surface area (Å²) in [6.07, 6.45) is 12.5. The zero-order valence-electron chi connectivity index (χ0n) is 15.0. The molecule has 0 aromatic carbocycles. The van der Waals surface area contributed by atoms with E-state index in [4.69, 9.17) is 0 Å². The lowest BCUT2D eigenvalue weighted by Gasteiger charge is -2.55. The molecule has 1 aromatic heterocycles. The van der Waals surface area contributed by atoms with Gasteiger partial charge in [0.1, 0.15) is 0 Å². The fourth-order valence-electron chi connectivity index (χ4n) is 6.65. The van der Waals surface area contributed by atoms with Crippen LogP contribution in [0.5, 0.6) is 0 Å². The molecule has 1 unspecified atom stereocenters. The molecule has 1 aliphatic heterocycles. The van der Waals surface area contributed by atoms with Crippen molar-refractivity contribution in [2.75, 3.05) is 19.6 Å². The number of imidazole rings is 1. The first-order chi connectivity index (χ1) is 12.2. The van der Waals surface area contributed by atoms with E-state index in [1.165, 1.54) is 50.6 Å². The average molecular weight is 342 g/mol. The summed E-state index contributed by atoms with van der Waals surface area (Å²) in [7, 11) is 0. The molecule has 2 N–H and O–H groups in total. The molecular formula is C20H30N4O. The van der Waals surface area contributed by atoms with E-state index in [9.17, 15) is 4.79 Å². The lowest BCUT2D eigenvalue weighted by molar-refractivity contribution is -0.146. The molecule has 25 heavy (non-hydrogen) atoms. The molecule has 2 heterocycles. The van der Waals surface area contributed by atoms with Gasteiger partial charge in [0.15, 0.2) is 0 Å². The number of hydrogen-bond acceptors (Lipinski definition) is 3. The normalized spacial score (nSPS) is 39.8. The number of rotatable bonds is 5. The summed E-state index contributed by atoms with van der Waals surface area (Å²) >= 11 is 0. The van der Waals surface area contributed by atoms with Crippen molar-refractivity contribution in [2.24, 2.45) is 29.1 Å². The van der Waals surface area contributed by atoms with Gasteiger partial charge in [-0.15, -0.1) is 0 Å². The van der Waals surface area contributed by atoms with E-state index in [1.807, 2.05) is 6.20 Å². The third-order valence-electron chi connectivity index (χ3n) is 7.39. The number of amides is 1. The standard InChI is InChI=1S/C20H30N4O/c25-19(20-6-15-3-16(7-20)5-17(4-15)8-20)22-9-14-1-2-24(11-14)12-18-10-21-13-23-18/h10,13-17H,1-9,11-12H2,(H,21,23)(H,22,25). The minimum atomic E-state index is 0.00294. The van der Waals surface area contributed by atoms with Gasteiger partial charge in [-0.3, -0.25) is 9.69 Å². The zero-order valence-corrected chi connectivity index (χ0v) is 15.0. The van der Waals surface area contributed by atoms with E-state index in [0.717, 1.165) is 43.9 Å².